The van der Waals surface area contributed by atoms with E-state index in [0.29, 0.717) is 21.5 Å². The predicted molar refractivity (Wildman–Crippen MR) is 119 cm³/mol. The van der Waals surface area contributed by atoms with E-state index in [4.69, 9.17) is 23.2 Å². The van der Waals surface area contributed by atoms with Crippen molar-refractivity contribution < 1.29 is 9.59 Å². The molecule has 5 nitrogen and oxygen atoms in total. The molecule has 2 aromatic carbocycles. The summed E-state index contributed by atoms with van der Waals surface area (Å²) < 4.78 is 1.14. The molecular formula is C19H17Cl2N3O2S2. The van der Waals surface area contributed by atoms with Gasteiger partial charge in [-0.25, -0.2) is 4.98 Å². The van der Waals surface area contributed by atoms with Crippen LogP contribution in [-0.2, 0) is 15.3 Å². The molecule has 3 rings (SSSR count). The molecule has 1 N–H and O–H groups in total. The van der Waals surface area contributed by atoms with E-state index in [1.807, 2.05) is 24.3 Å². The molecular weight excluding hydrogens is 437 g/mol. The summed E-state index contributed by atoms with van der Waals surface area (Å²) in [6.07, 6.45) is 0. The maximum Gasteiger partial charge on any atom is 0.244 e. The number of thiazole rings is 1. The lowest BCUT2D eigenvalue weighted by Gasteiger charge is -2.17. The molecule has 0 spiro atoms. The fraction of sp³-hybridized carbons (Fsp3) is 0.211. The number of benzene rings is 2. The average Bonchev–Trinajstić information content (AvgIpc) is 3.07. The molecule has 0 atom stereocenters. The topological polar surface area (TPSA) is 62.3 Å². The normalized spacial score (nSPS) is 10.8. The maximum atomic E-state index is 12.3. The molecule has 2 amide bonds. The highest BCUT2D eigenvalue weighted by atomic mass is 35.5. The lowest BCUT2D eigenvalue weighted by atomic mass is 10.3. The van der Waals surface area contributed by atoms with Crippen molar-refractivity contribution in [2.45, 2.75) is 5.75 Å². The highest BCUT2D eigenvalue weighted by Gasteiger charge is 2.15. The van der Waals surface area contributed by atoms with Gasteiger partial charge in [0.25, 0.3) is 0 Å². The Kier molecular flexibility index (Phi) is 7.18. The number of likely N-dealkylation sites (N-methyl/N-ethyl adjacent to an activating group) is 1. The number of nitrogens with zero attached hydrogens (tertiary/aromatic N) is 2. The lowest BCUT2D eigenvalue weighted by molar-refractivity contribution is -0.131. The Hall–Kier alpha value is -1.80. The summed E-state index contributed by atoms with van der Waals surface area (Å²) in [6.45, 7) is -0.0813. The summed E-state index contributed by atoms with van der Waals surface area (Å²) in [4.78, 5) is 30.4. The van der Waals surface area contributed by atoms with E-state index < -0.39 is 0 Å². The second kappa shape index (κ2) is 9.60. The standard InChI is InChI=1S/C19H17Cl2N3O2S2/c1-24(9-16(25)23-19-12(20)5-4-6-13(19)21)18(26)11-27-10-17-22-14-7-2-3-8-15(14)28-17/h2-8H,9-11H2,1H3,(H,23,25). The van der Waals surface area contributed by atoms with Crippen molar-refractivity contribution in [2.24, 2.45) is 0 Å². The molecule has 0 saturated carbocycles. The van der Waals surface area contributed by atoms with Crippen LogP contribution >= 0.6 is 46.3 Å². The van der Waals surface area contributed by atoms with Crippen LogP contribution in [0, 0.1) is 0 Å². The number of anilines is 1. The van der Waals surface area contributed by atoms with E-state index in [0.717, 1.165) is 15.2 Å². The third-order valence-electron chi connectivity index (χ3n) is 3.82. The van der Waals surface area contributed by atoms with Crippen molar-refractivity contribution in [1.29, 1.82) is 0 Å². The van der Waals surface area contributed by atoms with Gasteiger partial charge in [0.15, 0.2) is 0 Å². The zero-order chi connectivity index (χ0) is 20.1. The fourth-order valence-electron chi connectivity index (χ4n) is 2.42. The molecule has 9 heteroatoms. The number of amides is 2. The Morgan fingerprint density at radius 1 is 1.14 bits per heavy atom. The average molecular weight is 454 g/mol. The van der Waals surface area contributed by atoms with Gasteiger partial charge in [0, 0.05) is 12.8 Å². The summed E-state index contributed by atoms with van der Waals surface area (Å²) in [5, 5.41) is 4.33. The number of para-hydroxylation sites is 2. The number of aromatic nitrogens is 1. The van der Waals surface area contributed by atoms with E-state index in [1.54, 1.807) is 36.6 Å². The summed E-state index contributed by atoms with van der Waals surface area (Å²) in [6, 6.07) is 12.9. The molecule has 0 fully saturated rings. The van der Waals surface area contributed by atoms with Crippen molar-refractivity contribution in [2.75, 3.05) is 24.7 Å². The second-order valence-corrected chi connectivity index (χ2v) is 8.88. The van der Waals surface area contributed by atoms with Crippen molar-refractivity contribution >= 4 is 74.0 Å². The van der Waals surface area contributed by atoms with Gasteiger partial charge in [-0.3, -0.25) is 9.59 Å². The highest BCUT2D eigenvalue weighted by Crippen LogP contribution is 2.29. The Balaban J connectivity index is 1.46. The molecule has 3 aromatic rings. The summed E-state index contributed by atoms with van der Waals surface area (Å²) in [7, 11) is 1.59. The first kappa shape index (κ1) is 20.9. The summed E-state index contributed by atoms with van der Waals surface area (Å²) in [5.74, 6) is 0.431. The minimum atomic E-state index is -0.359. The van der Waals surface area contributed by atoms with Crippen molar-refractivity contribution in [3.05, 3.63) is 57.5 Å². The van der Waals surface area contributed by atoms with Gasteiger partial charge in [-0.05, 0) is 24.3 Å². The molecule has 0 aliphatic rings. The molecule has 1 heterocycles. The summed E-state index contributed by atoms with van der Waals surface area (Å²) >= 11 is 15.2. The second-order valence-electron chi connectivity index (χ2n) is 5.96. The van der Waals surface area contributed by atoms with Gasteiger partial charge < -0.3 is 10.2 Å². The van der Waals surface area contributed by atoms with Crippen LogP contribution in [0.2, 0.25) is 10.0 Å². The van der Waals surface area contributed by atoms with Gasteiger partial charge in [0.2, 0.25) is 11.8 Å². The Bertz CT molecular complexity index is 957. The van der Waals surface area contributed by atoms with Crippen molar-refractivity contribution in [3.8, 4) is 0 Å². The van der Waals surface area contributed by atoms with Crippen LogP contribution in [0.1, 0.15) is 5.01 Å². The molecule has 1 aromatic heterocycles. The van der Waals surface area contributed by atoms with Gasteiger partial charge in [-0.15, -0.1) is 23.1 Å². The van der Waals surface area contributed by atoms with Crippen molar-refractivity contribution in [1.82, 2.24) is 9.88 Å². The zero-order valence-corrected chi connectivity index (χ0v) is 18.1. The van der Waals surface area contributed by atoms with E-state index in [9.17, 15) is 9.59 Å². The van der Waals surface area contributed by atoms with Crippen LogP contribution in [0.5, 0.6) is 0 Å². The number of hydrogen-bond donors (Lipinski definition) is 1. The third kappa shape index (κ3) is 5.38. The number of rotatable bonds is 7. The van der Waals surface area contributed by atoms with Gasteiger partial charge >= 0.3 is 0 Å². The number of halogens is 2. The van der Waals surface area contributed by atoms with E-state index in [2.05, 4.69) is 10.3 Å². The van der Waals surface area contributed by atoms with Crippen LogP contribution in [0.25, 0.3) is 10.2 Å². The third-order valence-corrected chi connectivity index (χ3v) is 6.60. The number of fused-ring (bicyclic) bond motifs is 1. The minimum Gasteiger partial charge on any atom is -0.336 e. The van der Waals surface area contributed by atoms with Gasteiger partial charge in [0.1, 0.15) is 5.01 Å². The van der Waals surface area contributed by atoms with Crippen LogP contribution in [0.4, 0.5) is 5.69 Å². The highest BCUT2D eigenvalue weighted by molar-refractivity contribution is 7.99. The molecule has 0 bridgehead atoms. The number of carbonyl (C=O) groups excluding carboxylic acids is 2. The smallest absolute Gasteiger partial charge is 0.244 e. The molecule has 28 heavy (non-hydrogen) atoms. The van der Waals surface area contributed by atoms with Gasteiger partial charge in [-0.1, -0.05) is 41.4 Å². The summed E-state index contributed by atoms with van der Waals surface area (Å²) in [5.41, 5.74) is 1.32. The number of thioether (sulfide) groups is 1. The molecule has 0 aliphatic heterocycles. The van der Waals surface area contributed by atoms with Crippen LogP contribution < -0.4 is 5.32 Å². The molecule has 0 saturated heterocycles. The quantitative estimate of drug-likeness (QED) is 0.550. The SMILES string of the molecule is CN(CC(=O)Nc1c(Cl)cccc1Cl)C(=O)CSCc1nc2ccccc2s1. The molecule has 0 radical (unpaired) electrons. The fourth-order valence-corrected chi connectivity index (χ4v) is 4.89. The largest absolute Gasteiger partial charge is 0.336 e. The first-order valence-electron chi connectivity index (χ1n) is 8.34. The molecule has 0 unspecified atom stereocenters. The van der Waals surface area contributed by atoms with Crippen LogP contribution in [-0.4, -0.2) is 41.0 Å². The Labute approximate surface area is 181 Å². The lowest BCUT2D eigenvalue weighted by Crippen LogP contribution is -2.36. The van der Waals surface area contributed by atoms with E-state index >= 15 is 0 Å². The minimum absolute atomic E-state index is 0.0813. The van der Waals surface area contributed by atoms with Gasteiger partial charge in [0.05, 0.1) is 38.2 Å². The molecule has 146 valence electrons. The number of carbonyl (C=O) groups is 2. The number of hydrogen-bond acceptors (Lipinski definition) is 5. The predicted octanol–water partition coefficient (Wildman–Crippen LogP) is 4.93. The zero-order valence-electron chi connectivity index (χ0n) is 14.9. The Morgan fingerprint density at radius 2 is 1.86 bits per heavy atom. The van der Waals surface area contributed by atoms with Gasteiger partial charge in [-0.2, -0.15) is 0 Å². The molecule has 0 aliphatic carbocycles. The maximum absolute atomic E-state index is 12.3. The van der Waals surface area contributed by atoms with Crippen LogP contribution in [0.15, 0.2) is 42.5 Å². The van der Waals surface area contributed by atoms with Crippen molar-refractivity contribution in [3.63, 3.8) is 0 Å². The first-order valence-corrected chi connectivity index (χ1v) is 11.1. The van der Waals surface area contributed by atoms with E-state index in [-0.39, 0.29) is 24.1 Å². The van der Waals surface area contributed by atoms with E-state index in [1.165, 1.54) is 16.7 Å². The van der Waals surface area contributed by atoms with Crippen LogP contribution in [0.3, 0.4) is 0 Å². The number of nitrogens with one attached hydrogen (secondary N) is 1. The monoisotopic (exact) mass is 453 g/mol. The first-order chi connectivity index (χ1) is 13.4. The Morgan fingerprint density at radius 3 is 2.57 bits per heavy atom.